The van der Waals surface area contributed by atoms with Crippen LogP contribution in [-0.4, -0.2) is 42.2 Å². The van der Waals surface area contributed by atoms with Crippen LogP contribution >= 0.6 is 11.3 Å². The van der Waals surface area contributed by atoms with Crippen molar-refractivity contribution in [1.82, 2.24) is 13.7 Å². The number of aromatic nitrogens is 2. The van der Waals surface area contributed by atoms with Crippen LogP contribution in [0.3, 0.4) is 0 Å². The summed E-state index contributed by atoms with van der Waals surface area (Å²) >= 11 is 1.43. The second-order valence-corrected chi connectivity index (χ2v) is 8.10. The Morgan fingerprint density at radius 2 is 2.33 bits per heavy atom. The topological polar surface area (TPSA) is 66.7 Å². The molecule has 116 valence electrons. The van der Waals surface area contributed by atoms with Crippen LogP contribution in [0.5, 0.6) is 0 Å². The van der Waals surface area contributed by atoms with Gasteiger partial charge in [0.05, 0.1) is 0 Å². The number of nitrogens with one attached hydrogen (secondary N) is 1. The van der Waals surface area contributed by atoms with Gasteiger partial charge in [-0.05, 0) is 18.8 Å². The van der Waals surface area contributed by atoms with Gasteiger partial charge in [0.1, 0.15) is 0 Å². The first kappa shape index (κ1) is 14.8. The van der Waals surface area contributed by atoms with Crippen LogP contribution in [0.2, 0.25) is 0 Å². The average Bonchev–Trinajstić information content (AvgIpc) is 3.12. The third kappa shape index (κ3) is 2.45. The molecule has 1 N–H and O–H groups in total. The molecule has 3 rings (SSSR count). The maximum absolute atomic E-state index is 13.0. The summed E-state index contributed by atoms with van der Waals surface area (Å²) in [5.41, 5.74) is 0. The number of fused-ring (bicyclic) bond motifs is 1. The molecule has 0 aliphatic carbocycles. The van der Waals surface area contributed by atoms with E-state index in [-0.39, 0.29) is 5.03 Å². The van der Waals surface area contributed by atoms with E-state index in [4.69, 9.17) is 0 Å². The molecule has 2 aromatic heterocycles. The summed E-state index contributed by atoms with van der Waals surface area (Å²) in [6.45, 7) is 3.37. The lowest BCUT2D eigenvalue weighted by atomic mass is 10.0. The van der Waals surface area contributed by atoms with Crippen molar-refractivity contribution in [3.8, 4) is 0 Å². The van der Waals surface area contributed by atoms with Gasteiger partial charge in [-0.15, -0.1) is 11.3 Å². The van der Waals surface area contributed by atoms with E-state index in [1.807, 2.05) is 5.38 Å². The summed E-state index contributed by atoms with van der Waals surface area (Å²) in [5, 5.41) is 5.02. The Morgan fingerprint density at radius 3 is 3.05 bits per heavy atom. The molecule has 0 aromatic carbocycles. The van der Waals surface area contributed by atoms with E-state index in [9.17, 15) is 8.42 Å². The number of hydrogen-bond donors (Lipinski definition) is 1. The van der Waals surface area contributed by atoms with Crippen molar-refractivity contribution in [3.63, 3.8) is 0 Å². The Morgan fingerprint density at radius 1 is 1.52 bits per heavy atom. The molecule has 0 spiro atoms. The van der Waals surface area contributed by atoms with Crippen LogP contribution in [0, 0.1) is 5.92 Å². The highest BCUT2D eigenvalue weighted by molar-refractivity contribution is 7.89. The van der Waals surface area contributed by atoms with Gasteiger partial charge in [0.25, 0.3) is 10.0 Å². The van der Waals surface area contributed by atoms with Crippen LogP contribution in [0.1, 0.15) is 26.2 Å². The fourth-order valence-corrected chi connectivity index (χ4v) is 5.51. The maximum atomic E-state index is 13.0. The Bertz CT molecular complexity index is 735. The van der Waals surface area contributed by atoms with Gasteiger partial charge >= 0.3 is 0 Å². The van der Waals surface area contributed by atoms with Crippen LogP contribution in [-0.2, 0) is 10.0 Å². The molecule has 1 atom stereocenters. The zero-order chi connectivity index (χ0) is 15.0. The van der Waals surface area contributed by atoms with Crippen molar-refractivity contribution in [2.75, 3.05) is 25.5 Å². The number of rotatable bonds is 5. The second kappa shape index (κ2) is 5.58. The average molecular weight is 328 g/mol. The second-order valence-electron chi connectivity index (χ2n) is 5.38. The van der Waals surface area contributed by atoms with Crippen molar-refractivity contribution in [2.24, 2.45) is 5.92 Å². The van der Waals surface area contributed by atoms with Crippen LogP contribution in [0.25, 0.3) is 4.96 Å². The summed E-state index contributed by atoms with van der Waals surface area (Å²) in [6.07, 6.45) is 4.90. The molecule has 0 amide bonds. The van der Waals surface area contributed by atoms with E-state index in [0.29, 0.717) is 29.8 Å². The molecular weight excluding hydrogens is 308 g/mol. The first-order valence-electron chi connectivity index (χ1n) is 7.21. The molecule has 0 saturated carbocycles. The summed E-state index contributed by atoms with van der Waals surface area (Å²) < 4.78 is 29.2. The highest BCUT2D eigenvalue weighted by Crippen LogP contribution is 2.31. The van der Waals surface area contributed by atoms with E-state index in [1.54, 1.807) is 22.0 Å². The third-order valence-corrected chi connectivity index (χ3v) is 6.63. The zero-order valence-corrected chi connectivity index (χ0v) is 13.9. The quantitative estimate of drug-likeness (QED) is 0.914. The van der Waals surface area contributed by atoms with Gasteiger partial charge < -0.3 is 5.32 Å². The molecule has 1 fully saturated rings. The number of thiazole rings is 1. The van der Waals surface area contributed by atoms with E-state index in [1.165, 1.54) is 11.3 Å². The van der Waals surface area contributed by atoms with E-state index in [0.717, 1.165) is 19.3 Å². The third-order valence-electron chi connectivity index (χ3n) is 3.98. The number of hydrogen-bond acceptors (Lipinski definition) is 5. The summed E-state index contributed by atoms with van der Waals surface area (Å²) in [4.78, 5) is 5.05. The molecule has 1 aliphatic heterocycles. The van der Waals surface area contributed by atoms with Crippen LogP contribution < -0.4 is 5.32 Å². The summed E-state index contributed by atoms with van der Waals surface area (Å²) in [7, 11) is -1.80. The smallest absolute Gasteiger partial charge is 0.262 e. The van der Waals surface area contributed by atoms with Gasteiger partial charge in [-0.1, -0.05) is 13.3 Å². The zero-order valence-electron chi connectivity index (χ0n) is 12.2. The summed E-state index contributed by atoms with van der Waals surface area (Å²) in [5.74, 6) is 0.912. The van der Waals surface area contributed by atoms with Crippen molar-refractivity contribution in [2.45, 2.75) is 31.2 Å². The van der Waals surface area contributed by atoms with E-state index < -0.39 is 10.0 Å². The first-order valence-corrected chi connectivity index (χ1v) is 9.53. The Balaban J connectivity index is 1.99. The van der Waals surface area contributed by atoms with Crippen molar-refractivity contribution >= 4 is 32.1 Å². The SMILES string of the molecule is CCCC1CCN(S(=O)(=O)c2c(NC)nc3sccn23)C1. The fourth-order valence-electron chi connectivity index (χ4n) is 2.96. The summed E-state index contributed by atoms with van der Waals surface area (Å²) in [6, 6.07) is 0. The van der Waals surface area contributed by atoms with E-state index in [2.05, 4.69) is 17.2 Å². The fraction of sp³-hybridized carbons (Fsp3) is 0.615. The van der Waals surface area contributed by atoms with Gasteiger partial charge in [0.2, 0.25) is 0 Å². The molecular formula is C13H20N4O2S2. The standard InChI is InChI=1S/C13H20N4O2S2/c1-3-4-10-5-6-16(9-10)21(18,19)12-11(14-2)15-13-17(12)7-8-20-13/h7-8,10,14H,3-6,9H2,1-2H3. The molecule has 0 bridgehead atoms. The highest BCUT2D eigenvalue weighted by atomic mass is 32.2. The van der Waals surface area contributed by atoms with Crippen molar-refractivity contribution < 1.29 is 8.42 Å². The lowest BCUT2D eigenvalue weighted by Crippen LogP contribution is -2.30. The van der Waals surface area contributed by atoms with Crippen LogP contribution in [0.15, 0.2) is 16.6 Å². The Hall–Kier alpha value is -1.12. The largest absolute Gasteiger partial charge is 0.371 e. The van der Waals surface area contributed by atoms with Crippen LogP contribution in [0.4, 0.5) is 5.82 Å². The number of nitrogens with zero attached hydrogens (tertiary/aromatic N) is 3. The minimum Gasteiger partial charge on any atom is -0.371 e. The predicted molar refractivity (Wildman–Crippen MR) is 84.4 cm³/mol. The first-order chi connectivity index (χ1) is 10.1. The predicted octanol–water partition coefficient (Wildman–Crippen LogP) is 2.25. The molecule has 0 radical (unpaired) electrons. The minimum absolute atomic E-state index is 0.262. The molecule has 8 heteroatoms. The number of imidazole rings is 1. The molecule has 3 heterocycles. The minimum atomic E-state index is -3.51. The van der Waals surface area contributed by atoms with Gasteiger partial charge in [0.15, 0.2) is 15.8 Å². The lowest BCUT2D eigenvalue weighted by Gasteiger charge is -2.16. The van der Waals surface area contributed by atoms with Crippen molar-refractivity contribution in [3.05, 3.63) is 11.6 Å². The number of anilines is 1. The molecule has 1 aliphatic rings. The lowest BCUT2D eigenvalue weighted by molar-refractivity contribution is 0.442. The van der Waals surface area contributed by atoms with Gasteiger partial charge in [-0.3, -0.25) is 4.40 Å². The monoisotopic (exact) mass is 328 g/mol. The Kier molecular flexibility index (Phi) is 3.94. The molecule has 21 heavy (non-hydrogen) atoms. The number of sulfonamides is 1. The molecule has 2 aromatic rings. The van der Waals surface area contributed by atoms with Gasteiger partial charge in [-0.2, -0.15) is 4.31 Å². The highest BCUT2D eigenvalue weighted by Gasteiger charge is 2.36. The normalized spacial score (nSPS) is 20.4. The maximum Gasteiger partial charge on any atom is 0.262 e. The Labute approximate surface area is 128 Å². The van der Waals surface area contributed by atoms with Crippen molar-refractivity contribution in [1.29, 1.82) is 0 Å². The van der Waals surface area contributed by atoms with Gasteiger partial charge in [0, 0.05) is 31.7 Å². The van der Waals surface area contributed by atoms with E-state index >= 15 is 0 Å². The molecule has 1 unspecified atom stereocenters. The molecule has 6 nitrogen and oxygen atoms in total. The molecule has 1 saturated heterocycles. The van der Waals surface area contributed by atoms with Gasteiger partial charge in [-0.25, -0.2) is 13.4 Å².